The van der Waals surface area contributed by atoms with Gasteiger partial charge in [-0.05, 0) is 19.3 Å². The minimum Gasteiger partial charge on any atom is -0.282 e. The zero-order valence-electron chi connectivity index (χ0n) is 10.4. The van der Waals surface area contributed by atoms with E-state index in [0.717, 1.165) is 19.3 Å². The van der Waals surface area contributed by atoms with Gasteiger partial charge in [0.05, 0.1) is 23.7 Å². The highest BCUT2D eigenvalue weighted by Crippen LogP contribution is 2.56. The van der Waals surface area contributed by atoms with Crippen molar-refractivity contribution in [3.8, 4) is 0 Å². The molecule has 0 unspecified atom stereocenters. The summed E-state index contributed by atoms with van der Waals surface area (Å²) in [5.41, 5.74) is 0. The van der Waals surface area contributed by atoms with Gasteiger partial charge in [-0.3, -0.25) is 29.0 Å². The monoisotopic (exact) mass is 262 g/mol. The van der Waals surface area contributed by atoms with Crippen molar-refractivity contribution in [3.05, 3.63) is 0 Å². The van der Waals surface area contributed by atoms with Crippen LogP contribution in [0.5, 0.6) is 0 Å². The van der Waals surface area contributed by atoms with E-state index in [-0.39, 0.29) is 23.6 Å². The van der Waals surface area contributed by atoms with Crippen LogP contribution in [0.4, 0.5) is 0 Å². The quantitative estimate of drug-likeness (QED) is 0.546. The first kappa shape index (κ1) is 11.1. The normalized spacial score (nSPS) is 40.8. The van der Waals surface area contributed by atoms with Crippen LogP contribution in [-0.4, -0.2) is 46.5 Å². The third-order valence-electron chi connectivity index (χ3n) is 5.02. The molecule has 6 heteroatoms. The van der Waals surface area contributed by atoms with E-state index < -0.39 is 23.7 Å². The smallest absolute Gasteiger partial charge is 0.233 e. The summed E-state index contributed by atoms with van der Waals surface area (Å²) in [5.74, 6) is -3.17. The fourth-order valence-corrected chi connectivity index (χ4v) is 4.07. The molecule has 0 aromatic heterocycles. The van der Waals surface area contributed by atoms with Crippen LogP contribution in [0.1, 0.15) is 19.3 Å². The number of hydrogen-bond donors (Lipinski definition) is 0. The molecule has 1 saturated carbocycles. The molecule has 5 fully saturated rings. The minimum atomic E-state index is -0.558. The molecule has 0 aromatic rings. The molecule has 0 radical (unpaired) electrons. The topological polar surface area (TPSA) is 74.8 Å². The fourth-order valence-electron chi connectivity index (χ4n) is 4.07. The van der Waals surface area contributed by atoms with E-state index in [0.29, 0.717) is 13.1 Å². The lowest BCUT2D eigenvalue weighted by Gasteiger charge is -2.36. The van der Waals surface area contributed by atoms with Gasteiger partial charge in [0.2, 0.25) is 23.6 Å². The summed E-state index contributed by atoms with van der Waals surface area (Å²) in [6.45, 7) is 0.874. The van der Waals surface area contributed by atoms with Gasteiger partial charge in [0.1, 0.15) is 0 Å². The summed E-state index contributed by atoms with van der Waals surface area (Å²) >= 11 is 0. The van der Waals surface area contributed by atoms with Crippen molar-refractivity contribution in [2.75, 3.05) is 13.1 Å². The zero-order chi connectivity index (χ0) is 13.3. The third-order valence-corrected chi connectivity index (χ3v) is 5.02. The van der Waals surface area contributed by atoms with Crippen LogP contribution in [0.25, 0.3) is 0 Å². The molecule has 100 valence electrons. The molecule has 4 aliphatic heterocycles. The Bertz CT molecular complexity index is 435. The van der Waals surface area contributed by atoms with E-state index in [2.05, 4.69) is 0 Å². The zero-order valence-corrected chi connectivity index (χ0v) is 10.4. The van der Waals surface area contributed by atoms with Crippen molar-refractivity contribution in [2.24, 2.45) is 23.7 Å². The lowest BCUT2D eigenvalue weighted by Crippen LogP contribution is -2.50. The molecule has 0 N–H and O–H groups in total. The maximum atomic E-state index is 12.2. The molecule has 4 heterocycles. The summed E-state index contributed by atoms with van der Waals surface area (Å²) in [6.07, 6.45) is 2.32. The summed E-state index contributed by atoms with van der Waals surface area (Å²) in [7, 11) is 0. The summed E-state index contributed by atoms with van der Waals surface area (Å²) < 4.78 is 0. The second-order valence-electron chi connectivity index (χ2n) is 5.82. The number of carbonyl (C=O) groups excluding carboxylic acids is 4. The number of hydrogen-bond acceptors (Lipinski definition) is 4. The predicted molar refractivity (Wildman–Crippen MR) is 61.3 cm³/mol. The average molecular weight is 262 g/mol. The molecule has 1 aliphatic carbocycles. The molecule has 4 amide bonds. The van der Waals surface area contributed by atoms with E-state index in [9.17, 15) is 19.2 Å². The highest BCUT2D eigenvalue weighted by atomic mass is 16.2. The molecule has 5 aliphatic rings. The standard InChI is InChI=1S/C13H14N2O4/c16-10-6-7-9-8(6)12(18)15(13(9)19)5-3-1-2-4-14(10)11(7)17/h6-9H,1-5H2. The van der Waals surface area contributed by atoms with Crippen LogP contribution in [0, 0.1) is 23.7 Å². The second kappa shape index (κ2) is 3.43. The Morgan fingerprint density at radius 2 is 0.895 bits per heavy atom. The van der Waals surface area contributed by atoms with Crippen molar-refractivity contribution in [1.29, 1.82) is 0 Å². The van der Waals surface area contributed by atoms with Gasteiger partial charge in [-0.25, -0.2) is 0 Å². The van der Waals surface area contributed by atoms with Gasteiger partial charge in [0.15, 0.2) is 0 Å². The molecule has 6 bridgehead atoms. The van der Waals surface area contributed by atoms with Gasteiger partial charge in [-0.2, -0.15) is 0 Å². The molecule has 0 aromatic carbocycles. The first-order valence-corrected chi connectivity index (χ1v) is 6.83. The number of rotatable bonds is 0. The Morgan fingerprint density at radius 1 is 0.579 bits per heavy atom. The van der Waals surface area contributed by atoms with Crippen molar-refractivity contribution in [1.82, 2.24) is 9.80 Å². The lowest BCUT2D eigenvalue weighted by atomic mass is 9.59. The molecule has 6 nitrogen and oxygen atoms in total. The van der Waals surface area contributed by atoms with Crippen LogP contribution in [0.3, 0.4) is 0 Å². The van der Waals surface area contributed by atoms with Crippen molar-refractivity contribution < 1.29 is 19.2 Å². The van der Waals surface area contributed by atoms with Gasteiger partial charge in [-0.1, -0.05) is 0 Å². The second-order valence-corrected chi connectivity index (χ2v) is 5.82. The van der Waals surface area contributed by atoms with Crippen LogP contribution in [0.15, 0.2) is 0 Å². The maximum Gasteiger partial charge on any atom is 0.233 e. The Hall–Kier alpha value is -1.72. The summed E-state index contributed by atoms with van der Waals surface area (Å²) in [5, 5.41) is 0. The molecule has 0 spiro atoms. The van der Waals surface area contributed by atoms with Crippen LogP contribution in [-0.2, 0) is 19.2 Å². The van der Waals surface area contributed by atoms with E-state index in [1.165, 1.54) is 9.80 Å². The molecule has 5 rings (SSSR count). The Labute approximate surface area is 109 Å². The van der Waals surface area contributed by atoms with Crippen LogP contribution >= 0.6 is 0 Å². The lowest BCUT2D eigenvalue weighted by molar-refractivity contribution is -0.146. The Morgan fingerprint density at radius 3 is 1.21 bits per heavy atom. The molecule has 4 saturated heterocycles. The van der Waals surface area contributed by atoms with Gasteiger partial charge in [-0.15, -0.1) is 0 Å². The van der Waals surface area contributed by atoms with Crippen molar-refractivity contribution >= 4 is 23.6 Å². The van der Waals surface area contributed by atoms with E-state index in [1.807, 2.05) is 0 Å². The van der Waals surface area contributed by atoms with Gasteiger partial charge in [0.25, 0.3) is 0 Å². The summed E-state index contributed by atoms with van der Waals surface area (Å²) in [4.78, 5) is 51.5. The van der Waals surface area contributed by atoms with Crippen LogP contribution in [0.2, 0.25) is 0 Å². The molecular weight excluding hydrogens is 248 g/mol. The largest absolute Gasteiger partial charge is 0.282 e. The first-order chi connectivity index (χ1) is 9.13. The average Bonchev–Trinajstić information content (AvgIpc) is 2.61. The Balaban J connectivity index is 1.80. The van der Waals surface area contributed by atoms with Crippen molar-refractivity contribution in [3.63, 3.8) is 0 Å². The predicted octanol–water partition coefficient (Wildman–Crippen LogP) is -0.614. The van der Waals surface area contributed by atoms with Gasteiger partial charge in [0, 0.05) is 13.1 Å². The van der Waals surface area contributed by atoms with E-state index in [1.54, 1.807) is 0 Å². The fraction of sp³-hybridized carbons (Fsp3) is 0.692. The highest BCUT2D eigenvalue weighted by molar-refractivity contribution is 6.17. The molecular formula is C13H14N2O4. The van der Waals surface area contributed by atoms with Crippen LogP contribution < -0.4 is 0 Å². The number of fused-ring (bicyclic) bond motifs is 4. The Kier molecular flexibility index (Phi) is 2.01. The summed E-state index contributed by atoms with van der Waals surface area (Å²) in [6, 6.07) is 0. The number of carbonyl (C=O) groups is 4. The van der Waals surface area contributed by atoms with Gasteiger partial charge < -0.3 is 0 Å². The molecule has 0 atom stereocenters. The highest BCUT2D eigenvalue weighted by Gasteiger charge is 2.73. The minimum absolute atomic E-state index is 0.235. The number of nitrogens with zero attached hydrogens (tertiary/aromatic N) is 2. The SMILES string of the molecule is O=C1C2C3C(=O)N1CCCCCN1C(=O)C2C3C1=O. The van der Waals surface area contributed by atoms with Gasteiger partial charge >= 0.3 is 0 Å². The number of amides is 4. The van der Waals surface area contributed by atoms with Crippen molar-refractivity contribution in [2.45, 2.75) is 19.3 Å². The molecule has 19 heavy (non-hydrogen) atoms. The number of imide groups is 2. The third kappa shape index (κ3) is 1.13. The first-order valence-electron chi connectivity index (χ1n) is 6.83. The van der Waals surface area contributed by atoms with E-state index in [4.69, 9.17) is 0 Å². The van der Waals surface area contributed by atoms with E-state index >= 15 is 0 Å². The maximum absolute atomic E-state index is 12.2.